The molecular weight excluding hydrogens is 376 g/mol. The van der Waals surface area contributed by atoms with Crippen LogP contribution < -0.4 is 15.1 Å². The molecule has 1 aromatic carbocycles. The van der Waals surface area contributed by atoms with Crippen molar-refractivity contribution >= 4 is 11.9 Å². The molecule has 30 heavy (non-hydrogen) atoms. The standard InChI is InChI=1S/C24H36N4O2/c1-18(2)21-9-7-20(8-10-21)16-26-12-14-27(15-13-26)17-28-22(29)24(25-23(28)30)11-5-4-6-19(24)3/h7-10,18-19H,4-6,11-17H2,1-3H3,(H,25,30)/p+2/t19-,24+/m1/s1. The largest absolute Gasteiger partial charge is 0.329 e. The van der Waals surface area contributed by atoms with Crippen molar-refractivity contribution in [3.63, 3.8) is 0 Å². The van der Waals surface area contributed by atoms with Gasteiger partial charge in [-0.25, -0.2) is 9.69 Å². The monoisotopic (exact) mass is 414 g/mol. The Bertz CT molecular complexity index is 770. The van der Waals surface area contributed by atoms with Gasteiger partial charge >= 0.3 is 6.03 Å². The molecule has 4 rings (SSSR count). The van der Waals surface area contributed by atoms with E-state index in [2.05, 4.69) is 50.4 Å². The zero-order valence-corrected chi connectivity index (χ0v) is 18.8. The lowest BCUT2D eigenvalue weighted by Crippen LogP contribution is -3.28. The van der Waals surface area contributed by atoms with E-state index in [1.165, 1.54) is 20.9 Å². The minimum Gasteiger partial charge on any atom is -0.323 e. The van der Waals surface area contributed by atoms with Crippen LogP contribution in [0.5, 0.6) is 0 Å². The van der Waals surface area contributed by atoms with Gasteiger partial charge in [0.05, 0.1) is 0 Å². The second kappa shape index (κ2) is 8.67. The predicted molar refractivity (Wildman–Crippen MR) is 116 cm³/mol. The Kier molecular flexibility index (Phi) is 6.16. The second-order valence-corrected chi connectivity index (χ2v) is 10.0. The summed E-state index contributed by atoms with van der Waals surface area (Å²) >= 11 is 0. The minimum atomic E-state index is -0.635. The first-order valence-corrected chi connectivity index (χ1v) is 11.8. The van der Waals surface area contributed by atoms with Crippen molar-refractivity contribution in [1.82, 2.24) is 10.2 Å². The highest BCUT2D eigenvalue weighted by molar-refractivity contribution is 6.07. The maximum absolute atomic E-state index is 13.2. The first-order valence-electron chi connectivity index (χ1n) is 11.8. The summed E-state index contributed by atoms with van der Waals surface area (Å²) in [6, 6.07) is 8.85. The second-order valence-electron chi connectivity index (χ2n) is 10.0. The molecule has 2 atom stereocenters. The molecule has 0 aromatic heterocycles. The normalized spacial score (nSPS) is 32.1. The molecule has 3 fully saturated rings. The highest BCUT2D eigenvalue weighted by atomic mass is 16.2. The molecular formula is C24H38N4O2+2. The van der Waals surface area contributed by atoms with Crippen LogP contribution >= 0.6 is 0 Å². The van der Waals surface area contributed by atoms with E-state index in [9.17, 15) is 9.59 Å². The molecule has 1 aromatic rings. The van der Waals surface area contributed by atoms with Crippen molar-refractivity contribution in [3.05, 3.63) is 35.4 Å². The van der Waals surface area contributed by atoms with Crippen LogP contribution in [0.3, 0.4) is 0 Å². The van der Waals surface area contributed by atoms with Crippen LogP contribution in [0.2, 0.25) is 0 Å². The maximum Gasteiger partial charge on any atom is 0.329 e. The average molecular weight is 415 g/mol. The van der Waals surface area contributed by atoms with E-state index >= 15 is 0 Å². The van der Waals surface area contributed by atoms with Gasteiger partial charge in [-0.15, -0.1) is 0 Å². The summed E-state index contributed by atoms with van der Waals surface area (Å²) in [5.74, 6) is 0.818. The van der Waals surface area contributed by atoms with E-state index < -0.39 is 5.54 Å². The Balaban J connectivity index is 1.29. The van der Waals surface area contributed by atoms with Gasteiger partial charge in [-0.05, 0) is 30.2 Å². The average Bonchev–Trinajstić information content (AvgIpc) is 2.97. The zero-order valence-electron chi connectivity index (χ0n) is 18.8. The number of hydrogen-bond donors (Lipinski definition) is 3. The molecule has 3 aliphatic rings. The summed E-state index contributed by atoms with van der Waals surface area (Å²) in [4.78, 5) is 30.3. The molecule has 1 saturated carbocycles. The zero-order chi connectivity index (χ0) is 21.3. The number of quaternary nitrogens is 2. The van der Waals surface area contributed by atoms with Crippen LogP contribution in [0.25, 0.3) is 0 Å². The predicted octanol–water partition coefficient (Wildman–Crippen LogP) is 0.552. The van der Waals surface area contributed by atoms with E-state index in [1.54, 1.807) is 4.90 Å². The lowest BCUT2D eigenvalue weighted by molar-refractivity contribution is -1.02. The number of nitrogens with zero attached hydrogens (tertiary/aromatic N) is 1. The number of imide groups is 1. The minimum absolute atomic E-state index is 0.0206. The SMILES string of the molecule is CC(C)c1ccc(C[NH+]2CC[NH+](CN3C(=O)N[C@]4(CCCC[C@H]4C)C3=O)CC2)cc1. The Morgan fingerprint density at radius 1 is 1.07 bits per heavy atom. The van der Waals surface area contributed by atoms with Gasteiger partial charge in [-0.3, -0.25) is 4.79 Å². The number of benzene rings is 1. The van der Waals surface area contributed by atoms with Gasteiger partial charge < -0.3 is 15.1 Å². The summed E-state index contributed by atoms with van der Waals surface area (Å²) in [6.07, 6.45) is 3.99. The summed E-state index contributed by atoms with van der Waals surface area (Å²) in [7, 11) is 0. The molecule has 2 aliphatic heterocycles. The van der Waals surface area contributed by atoms with Gasteiger partial charge in [0.25, 0.3) is 5.91 Å². The smallest absolute Gasteiger partial charge is 0.323 e. The number of amides is 3. The number of carbonyl (C=O) groups is 2. The molecule has 1 spiro atoms. The highest BCUT2D eigenvalue weighted by Crippen LogP contribution is 2.37. The summed E-state index contributed by atoms with van der Waals surface area (Å²) in [5, 5.41) is 3.08. The molecule has 0 radical (unpaired) electrons. The van der Waals surface area contributed by atoms with Crippen molar-refractivity contribution in [1.29, 1.82) is 0 Å². The fourth-order valence-corrected chi connectivity index (χ4v) is 5.46. The van der Waals surface area contributed by atoms with E-state index in [4.69, 9.17) is 0 Å². The van der Waals surface area contributed by atoms with Crippen LogP contribution in [0.4, 0.5) is 4.79 Å². The number of rotatable bonds is 5. The van der Waals surface area contributed by atoms with E-state index in [-0.39, 0.29) is 17.9 Å². The quantitative estimate of drug-likeness (QED) is 0.617. The van der Waals surface area contributed by atoms with Crippen molar-refractivity contribution < 1.29 is 19.4 Å². The molecule has 2 heterocycles. The van der Waals surface area contributed by atoms with Crippen LogP contribution in [-0.2, 0) is 11.3 Å². The lowest BCUT2D eigenvalue weighted by atomic mass is 9.73. The van der Waals surface area contributed by atoms with Gasteiger partial charge in [0.1, 0.15) is 38.3 Å². The molecule has 1 aliphatic carbocycles. The van der Waals surface area contributed by atoms with Gasteiger partial charge in [0, 0.05) is 5.56 Å². The van der Waals surface area contributed by atoms with Crippen LogP contribution in [0, 0.1) is 5.92 Å². The Hall–Kier alpha value is -1.92. The first kappa shape index (κ1) is 21.3. The van der Waals surface area contributed by atoms with Crippen molar-refractivity contribution in [2.75, 3.05) is 32.8 Å². The fourth-order valence-electron chi connectivity index (χ4n) is 5.46. The van der Waals surface area contributed by atoms with Crippen LogP contribution in [-0.4, -0.2) is 55.2 Å². The van der Waals surface area contributed by atoms with E-state index in [0.717, 1.165) is 58.4 Å². The number of nitrogens with one attached hydrogen (secondary N) is 3. The van der Waals surface area contributed by atoms with Gasteiger partial charge in [-0.2, -0.15) is 0 Å². The topological polar surface area (TPSA) is 58.3 Å². The highest BCUT2D eigenvalue weighted by Gasteiger charge is 2.55. The molecule has 0 bridgehead atoms. The van der Waals surface area contributed by atoms with E-state index in [1.807, 2.05) is 0 Å². The molecule has 0 unspecified atom stereocenters. The Labute approximate surface area is 180 Å². The maximum atomic E-state index is 13.2. The van der Waals surface area contributed by atoms with Crippen LogP contribution in [0.1, 0.15) is 63.5 Å². The Morgan fingerprint density at radius 2 is 1.73 bits per heavy atom. The van der Waals surface area contributed by atoms with Crippen LogP contribution in [0.15, 0.2) is 24.3 Å². The molecule has 164 valence electrons. The lowest BCUT2D eigenvalue weighted by Gasteiger charge is -2.37. The summed E-state index contributed by atoms with van der Waals surface area (Å²) < 4.78 is 0. The number of urea groups is 1. The van der Waals surface area contributed by atoms with Crippen molar-refractivity contribution in [3.8, 4) is 0 Å². The first-order chi connectivity index (χ1) is 14.4. The third-order valence-corrected chi connectivity index (χ3v) is 7.65. The third kappa shape index (κ3) is 4.12. The van der Waals surface area contributed by atoms with Gasteiger partial charge in [0.2, 0.25) is 0 Å². The van der Waals surface area contributed by atoms with E-state index in [0.29, 0.717) is 12.6 Å². The van der Waals surface area contributed by atoms with Gasteiger partial charge in [-0.1, -0.05) is 57.9 Å². The molecule has 3 N–H and O–H groups in total. The molecule has 6 nitrogen and oxygen atoms in total. The third-order valence-electron chi connectivity index (χ3n) is 7.65. The molecule has 2 saturated heterocycles. The van der Waals surface area contributed by atoms with Crippen molar-refractivity contribution in [2.24, 2.45) is 5.92 Å². The fraction of sp³-hybridized carbons (Fsp3) is 0.667. The number of piperazine rings is 1. The summed E-state index contributed by atoms with van der Waals surface area (Å²) in [6.45, 7) is 12.3. The molecule has 3 amide bonds. The van der Waals surface area contributed by atoms with Crippen molar-refractivity contribution in [2.45, 2.75) is 64.5 Å². The van der Waals surface area contributed by atoms with Gasteiger partial charge in [0.15, 0.2) is 6.67 Å². The number of carbonyl (C=O) groups excluding carboxylic acids is 2. The number of hydrogen-bond acceptors (Lipinski definition) is 2. The molecule has 6 heteroatoms. The summed E-state index contributed by atoms with van der Waals surface area (Å²) in [5.41, 5.74) is 2.14. The Morgan fingerprint density at radius 3 is 2.37 bits per heavy atom.